The smallest absolute Gasteiger partial charge is 0.224 e. The van der Waals surface area contributed by atoms with E-state index >= 15 is 0 Å². The van der Waals surface area contributed by atoms with Crippen LogP contribution in [0.15, 0.2) is 24.3 Å². The average molecular weight is 273 g/mol. The van der Waals surface area contributed by atoms with Crippen LogP contribution in [-0.2, 0) is 4.79 Å². The zero-order chi connectivity index (χ0) is 14.2. The Hall–Kier alpha value is -1.31. The highest BCUT2D eigenvalue weighted by atomic mass is 16.1. The van der Waals surface area contributed by atoms with E-state index in [1.807, 2.05) is 12.1 Å². The fourth-order valence-corrected chi connectivity index (χ4v) is 2.54. The van der Waals surface area contributed by atoms with Gasteiger partial charge < -0.3 is 5.32 Å². The monoisotopic (exact) mass is 273 g/mol. The number of rotatable bonds is 9. The van der Waals surface area contributed by atoms with Crippen molar-refractivity contribution in [2.45, 2.75) is 70.6 Å². The van der Waals surface area contributed by atoms with Crippen LogP contribution in [0.3, 0.4) is 0 Å². The third-order valence-electron chi connectivity index (χ3n) is 4.00. The molecule has 1 amide bonds. The Balaban J connectivity index is 1.61. The molecule has 1 aromatic rings. The average Bonchev–Trinajstić information content (AvgIpc) is 3.28. The van der Waals surface area contributed by atoms with Gasteiger partial charge in [0.05, 0.1) is 0 Å². The van der Waals surface area contributed by atoms with Crippen LogP contribution in [0.25, 0.3) is 0 Å². The predicted octanol–water partition coefficient (Wildman–Crippen LogP) is 5.25. The first-order valence-electron chi connectivity index (χ1n) is 8.19. The Morgan fingerprint density at radius 3 is 2.35 bits per heavy atom. The van der Waals surface area contributed by atoms with Gasteiger partial charge in [-0.1, -0.05) is 51.2 Å². The van der Waals surface area contributed by atoms with Crippen molar-refractivity contribution in [1.82, 2.24) is 0 Å². The molecule has 0 spiro atoms. The summed E-state index contributed by atoms with van der Waals surface area (Å²) in [6.07, 6.45) is 10.6. The summed E-state index contributed by atoms with van der Waals surface area (Å²) in [5, 5.41) is 2.99. The van der Waals surface area contributed by atoms with Gasteiger partial charge in [-0.15, -0.1) is 0 Å². The van der Waals surface area contributed by atoms with Gasteiger partial charge in [-0.25, -0.2) is 0 Å². The van der Waals surface area contributed by atoms with Crippen molar-refractivity contribution in [1.29, 1.82) is 0 Å². The molecule has 2 rings (SSSR count). The van der Waals surface area contributed by atoms with E-state index in [2.05, 4.69) is 24.4 Å². The molecule has 1 saturated carbocycles. The third kappa shape index (κ3) is 5.36. The summed E-state index contributed by atoms with van der Waals surface area (Å²) < 4.78 is 0. The lowest BCUT2D eigenvalue weighted by atomic mass is 10.1. The molecule has 1 aromatic carbocycles. The maximum absolute atomic E-state index is 11.8. The predicted molar refractivity (Wildman–Crippen MR) is 85.0 cm³/mol. The second kappa shape index (κ2) is 8.08. The molecule has 0 aliphatic heterocycles. The van der Waals surface area contributed by atoms with Gasteiger partial charge in [0.1, 0.15) is 0 Å². The van der Waals surface area contributed by atoms with E-state index in [1.165, 1.54) is 50.5 Å². The molecule has 0 unspecified atom stereocenters. The number of amides is 1. The van der Waals surface area contributed by atoms with Crippen LogP contribution >= 0.6 is 0 Å². The van der Waals surface area contributed by atoms with Crippen molar-refractivity contribution in [2.24, 2.45) is 0 Å². The van der Waals surface area contributed by atoms with Gasteiger partial charge in [-0.05, 0) is 42.9 Å². The van der Waals surface area contributed by atoms with Gasteiger partial charge in [0.15, 0.2) is 0 Å². The first kappa shape index (κ1) is 15.1. The second-order valence-electron chi connectivity index (χ2n) is 5.96. The summed E-state index contributed by atoms with van der Waals surface area (Å²) >= 11 is 0. The Kier molecular flexibility index (Phi) is 6.10. The number of hydrogen-bond donors (Lipinski definition) is 1. The van der Waals surface area contributed by atoms with Crippen LogP contribution in [0.1, 0.15) is 76.2 Å². The molecular formula is C18H27NO. The van der Waals surface area contributed by atoms with Crippen LogP contribution in [0.2, 0.25) is 0 Å². The fourth-order valence-electron chi connectivity index (χ4n) is 2.54. The standard InChI is InChI=1S/C18H27NO/c1-2-3-4-5-6-7-8-18(20)19-17-13-11-16(12-14-17)15-9-10-15/h11-15H,2-10H2,1H3,(H,19,20). The number of anilines is 1. The third-order valence-corrected chi connectivity index (χ3v) is 4.00. The van der Waals surface area contributed by atoms with Crippen LogP contribution in [0.4, 0.5) is 5.69 Å². The van der Waals surface area contributed by atoms with Crippen molar-refractivity contribution in [3.8, 4) is 0 Å². The number of carbonyl (C=O) groups excluding carboxylic acids is 1. The number of benzene rings is 1. The molecule has 0 bridgehead atoms. The molecule has 110 valence electrons. The van der Waals surface area contributed by atoms with Crippen LogP contribution in [0.5, 0.6) is 0 Å². The highest BCUT2D eigenvalue weighted by Gasteiger charge is 2.22. The zero-order valence-corrected chi connectivity index (χ0v) is 12.7. The van der Waals surface area contributed by atoms with Crippen LogP contribution in [-0.4, -0.2) is 5.91 Å². The minimum absolute atomic E-state index is 0.152. The summed E-state index contributed by atoms with van der Waals surface area (Å²) in [6.45, 7) is 2.22. The number of hydrogen-bond acceptors (Lipinski definition) is 1. The van der Waals surface area contributed by atoms with Crippen LogP contribution in [0, 0.1) is 0 Å². The van der Waals surface area contributed by atoms with Crippen molar-refractivity contribution in [3.05, 3.63) is 29.8 Å². The highest BCUT2D eigenvalue weighted by Crippen LogP contribution is 2.40. The molecule has 2 nitrogen and oxygen atoms in total. The molecule has 1 aliphatic carbocycles. The quantitative estimate of drug-likeness (QED) is 0.611. The van der Waals surface area contributed by atoms with Gasteiger partial charge in [0.25, 0.3) is 0 Å². The molecule has 0 aromatic heterocycles. The maximum Gasteiger partial charge on any atom is 0.224 e. The number of nitrogens with one attached hydrogen (secondary N) is 1. The highest BCUT2D eigenvalue weighted by molar-refractivity contribution is 5.90. The molecule has 1 N–H and O–H groups in total. The minimum Gasteiger partial charge on any atom is -0.326 e. The Morgan fingerprint density at radius 2 is 1.70 bits per heavy atom. The van der Waals surface area contributed by atoms with Gasteiger partial charge in [-0.2, -0.15) is 0 Å². The van der Waals surface area contributed by atoms with E-state index in [0.29, 0.717) is 6.42 Å². The van der Waals surface area contributed by atoms with E-state index in [4.69, 9.17) is 0 Å². The van der Waals surface area contributed by atoms with Gasteiger partial charge >= 0.3 is 0 Å². The minimum atomic E-state index is 0.152. The molecule has 0 saturated heterocycles. The normalized spacial score (nSPS) is 14.2. The lowest BCUT2D eigenvalue weighted by molar-refractivity contribution is -0.116. The fraction of sp³-hybridized carbons (Fsp3) is 0.611. The maximum atomic E-state index is 11.8. The van der Waals surface area contributed by atoms with E-state index in [9.17, 15) is 4.79 Å². The number of carbonyl (C=O) groups is 1. The van der Waals surface area contributed by atoms with Gasteiger partial charge in [0, 0.05) is 12.1 Å². The SMILES string of the molecule is CCCCCCCCC(=O)Nc1ccc(C2CC2)cc1. The Bertz CT molecular complexity index is 406. The molecule has 0 atom stereocenters. The van der Waals surface area contributed by atoms with E-state index < -0.39 is 0 Å². The molecule has 1 fully saturated rings. The summed E-state index contributed by atoms with van der Waals surface area (Å²) in [7, 11) is 0. The Morgan fingerprint density at radius 1 is 1.05 bits per heavy atom. The van der Waals surface area contributed by atoms with Crippen LogP contribution < -0.4 is 5.32 Å². The van der Waals surface area contributed by atoms with Gasteiger partial charge in [-0.3, -0.25) is 4.79 Å². The molecule has 0 radical (unpaired) electrons. The summed E-state index contributed by atoms with van der Waals surface area (Å²) in [5.74, 6) is 0.933. The zero-order valence-electron chi connectivity index (χ0n) is 12.7. The molecular weight excluding hydrogens is 246 g/mol. The first-order valence-corrected chi connectivity index (χ1v) is 8.19. The molecule has 1 aliphatic rings. The van der Waals surface area contributed by atoms with Crippen molar-refractivity contribution < 1.29 is 4.79 Å². The van der Waals surface area contributed by atoms with E-state index in [0.717, 1.165) is 18.0 Å². The number of unbranched alkanes of at least 4 members (excludes halogenated alkanes) is 5. The van der Waals surface area contributed by atoms with Crippen molar-refractivity contribution >= 4 is 11.6 Å². The summed E-state index contributed by atoms with van der Waals surface area (Å²) in [5.41, 5.74) is 2.35. The van der Waals surface area contributed by atoms with Crippen molar-refractivity contribution in [3.63, 3.8) is 0 Å². The summed E-state index contributed by atoms with van der Waals surface area (Å²) in [6, 6.07) is 8.37. The second-order valence-corrected chi connectivity index (χ2v) is 5.96. The van der Waals surface area contributed by atoms with Gasteiger partial charge in [0.2, 0.25) is 5.91 Å². The first-order chi connectivity index (χ1) is 9.79. The molecule has 0 heterocycles. The molecule has 20 heavy (non-hydrogen) atoms. The molecule has 2 heteroatoms. The Labute approximate surface area is 123 Å². The van der Waals surface area contributed by atoms with E-state index in [1.54, 1.807) is 0 Å². The van der Waals surface area contributed by atoms with Crippen molar-refractivity contribution in [2.75, 3.05) is 5.32 Å². The lowest BCUT2D eigenvalue weighted by Gasteiger charge is -2.06. The van der Waals surface area contributed by atoms with E-state index in [-0.39, 0.29) is 5.91 Å². The topological polar surface area (TPSA) is 29.1 Å². The largest absolute Gasteiger partial charge is 0.326 e. The summed E-state index contributed by atoms with van der Waals surface area (Å²) in [4.78, 5) is 11.8. The lowest BCUT2D eigenvalue weighted by Crippen LogP contribution is -2.10.